The Kier molecular flexibility index (Phi) is 3.23. The largest absolute Gasteiger partial charge is 0.454 e. The molecule has 5 heteroatoms. The molecule has 0 unspecified atom stereocenters. The third kappa shape index (κ3) is 2.27. The third-order valence-corrected chi connectivity index (χ3v) is 5.41. The second kappa shape index (κ2) is 5.82. The van der Waals surface area contributed by atoms with E-state index >= 15 is 0 Å². The van der Waals surface area contributed by atoms with Crippen LogP contribution in [0.1, 0.15) is 11.1 Å². The SMILES string of the molecule is Cc1ccc2nc3c4c5c(ccc4/c(=C\c4ccccc4)n3c(=O)c2c1)OCO5. The number of hydrogen-bond donors (Lipinski definition) is 0. The maximum Gasteiger partial charge on any atom is 0.266 e. The van der Waals surface area contributed by atoms with Crippen molar-refractivity contribution in [1.82, 2.24) is 9.38 Å². The third-order valence-electron chi connectivity index (χ3n) is 5.41. The molecule has 0 aliphatic carbocycles. The molecule has 29 heavy (non-hydrogen) atoms. The van der Waals surface area contributed by atoms with Crippen LogP contribution in [0.25, 0.3) is 33.4 Å². The Labute approximate surface area is 165 Å². The number of ether oxygens (including phenoxy) is 2. The van der Waals surface area contributed by atoms with E-state index in [2.05, 4.69) is 0 Å². The predicted molar refractivity (Wildman–Crippen MR) is 113 cm³/mol. The molecular weight excluding hydrogens is 364 g/mol. The van der Waals surface area contributed by atoms with E-state index in [4.69, 9.17) is 14.5 Å². The zero-order valence-electron chi connectivity index (χ0n) is 15.7. The summed E-state index contributed by atoms with van der Waals surface area (Å²) < 4.78 is 13.0. The van der Waals surface area contributed by atoms with E-state index < -0.39 is 0 Å². The Balaban J connectivity index is 1.89. The van der Waals surface area contributed by atoms with Gasteiger partial charge >= 0.3 is 0 Å². The summed E-state index contributed by atoms with van der Waals surface area (Å²) in [4.78, 5) is 18.4. The van der Waals surface area contributed by atoms with Crippen LogP contribution in [0, 0.1) is 6.92 Å². The van der Waals surface area contributed by atoms with Crippen LogP contribution >= 0.6 is 0 Å². The van der Waals surface area contributed by atoms with Crippen molar-refractivity contribution in [3.05, 3.63) is 87.5 Å². The number of aromatic nitrogens is 2. The van der Waals surface area contributed by atoms with Gasteiger partial charge in [0.05, 0.1) is 21.6 Å². The van der Waals surface area contributed by atoms with Crippen LogP contribution in [-0.2, 0) is 0 Å². The lowest BCUT2D eigenvalue weighted by Gasteiger charge is -2.02. The second-order valence-corrected chi connectivity index (χ2v) is 7.26. The molecule has 0 fully saturated rings. The molecule has 6 rings (SSSR count). The lowest BCUT2D eigenvalue weighted by atomic mass is 10.1. The van der Waals surface area contributed by atoms with Crippen molar-refractivity contribution in [3.8, 4) is 11.5 Å². The van der Waals surface area contributed by atoms with Gasteiger partial charge in [-0.3, -0.25) is 9.20 Å². The molecule has 0 saturated heterocycles. The molecule has 140 valence electrons. The van der Waals surface area contributed by atoms with Crippen molar-refractivity contribution in [2.24, 2.45) is 0 Å². The fourth-order valence-corrected chi connectivity index (χ4v) is 4.07. The minimum atomic E-state index is -0.0836. The predicted octanol–water partition coefficient (Wildman–Crippen LogP) is 3.59. The van der Waals surface area contributed by atoms with Gasteiger partial charge in [0.15, 0.2) is 17.1 Å². The number of benzene rings is 3. The summed E-state index contributed by atoms with van der Waals surface area (Å²) in [6, 6.07) is 19.6. The standard InChI is InChI=1S/C24H16N2O3/c1-14-7-9-18-17(11-14)24(27)26-19(12-15-5-3-2-4-6-15)16-8-10-20-22(29-13-28-20)21(16)23(26)25-18/h2-12H,13H2,1H3/b19-12+. The molecule has 0 saturated carbocycles. The first-order valence-corrected chi connectivity index (χ1v) is 9.44. The van der Waals surface area contributed by atoms with Crippen molar-refractivity contribution >= 4 is 33.4 Å². The van der Waals surface area contributed by atoms with Crippen molar-refractivity contribution in [2.45, 2.75) is 6.92 Å². The number of nitrogens with zero attached hydrogens (tertiary/aromatic N) is 2. The minimum absolute atomic E-state index is 0.0836. The van der Waals surface area contributed by atoms with Crippen LogP contribution in [-0.4, -0.2) is 16.2 Å². The average Bonchev–Trinajstić information content (AvgIpc) is 3.32. The van der Waals surface area contributed by atoms with E-state index in [1.807, 2.05) is 73.7 Å². The normalized spacial score (nSPS) is 13.8. The molecule has 0 N–H and O–H groups in total. The molecule has 0 radical (unpaired) electrons. The Morgan fingerprint density at radius 3 is 2.72 bits per heavy atom. The van der Waals surface area contributed by atoms with Gasteiger partial charge in [-0.15, -0.1) is 0 Å². The second-order valence-electron chi connectivity index (χ2n) is 7.26. The molecule has 5 aromatic rings. The highest BCUT2D eigenvalue weighted by atomic mass is 16.7. The molecule has 5 nitrogen and oxygen atoms in total. The molecule has 0 atom stereocenters. The van der Waals surface area contributed by atoms with Crippen LogP contribution in [0.2, 0.25) is 0 Å². The van der Waals surface area contributed by atoms with Crippen LogP contribution in [0.4, 0.5) is 0 Å². The molecule has 1 aliphatic heterocycles. The Morgan fingerprint density at radius 2 is 1.86 bits per heavy atom. The maximum atomic E-state index is 13.6. The van der Waals surface area contributed by atoms with Crippen LogP contribution in [0.15, 0.2) is 65.5 Å². The fourth-order valence-electron chi connectivity index (χ4n) is 4.07. The Hall–Kier alpha value is -3.86. The highest BCUT2D eigenvalue weighted by molar-refractivity contribution is 6.04. The van der Waals surface area contributed by atoms with E-state index in [9.17, 15) is 4.79 Å². The van der Waals surface area contributed by atoms with Gasteiger partial charge in [-0.05, 0) is 42.8 Å². The van der Waals surface area contributed by atoms with E-state index in [0.29, 0.717) is 28.0 Å². The Morgan fingerprint density at radius 1 is 1.00 bits per heavy atom. The highest BCUT2D eigenvalue weighted by Crippen LogP contribution is 2.40. The van der Waals surface area contributed by atoms with Crippen molar-refractivity contribution < 1.29 is 9.47 Å². The van der Waals surface area contributed by atoms with E-state index in [1.54, 1.807) is 4.40 Å². The van der Waals surface area contributed by atoms with Gasteiger partial charge in [0.2, 0.25) is 6.79 Å². The summed E-state index contributed by atoms with van der Waals surface area (Å²) in [6.45, 7) is 2.14. The molecule has 3 heterocycles. The lowest BCUT2D eigenvalue weighted by molar-refractivity contribution is 0.175. The first kappa shape index (κ1) is 16.1. The summed E-state index contributed by atoms with van der Waals surface area (Å²) in [5.74, 6) is 1.32. The lowest BCUT2D eigenvalue weighted by Crippen LogP contribution is -2.24. The van der Waals surface area contributed by atoms with Crippen molar-refractivity contribution in [3.63, 3.8) is 0 Å². The quantitative estimate of drug-likeness (QED) is 0.446. The summed E-state index contributed by atoms with van der Waals surface area (Å²) in [7, 11) is 0. The molecular formula is C24H16N2O3. The molecule has 0 amide bonds. The summed E-state index contributed by atoms with van der Waals surface area (Å²) in [5.41, 5.74) is 3.22. The van der Waals surface area contributed by atoms with E-state index in [0.717, 1.165) is 27.2 Å². The van der Waals surface area contributed by atoms with Gasteiger partial charge < -0.3 is 9.47 Å². The number of aryl methyl sites for hydroxylation is 1. The van der Waals surface area contributed by atoms with E-state index in [-0.39, 0.29) is 12.4 Å². The van der Waals surface area contributed by atoms with Crippen LogP contribution in [0.3, 0.4) is 0 Å². The molecule has 3 aromatic carbocycles. The number of hydrogen-bond acceptors (Lipinski definition) is 4. The first-order chi connectivity index (χ1) is 14.2. The highest BCUT2D eigenvalue weighted by Gasteiger charge is 2.23. The van der Waals surface area contributed by atoms with Crippen LogP contribution in [0.5, 0.6) is 11.5 Å². The summed E-state index contributed by atoms with van der Waals surface area (Å²) >= 11 is 0. The van der Waals surface area contributed by atoms with Gasteiger partial charge in [0.25, 0.3) is 5.56 Å². The molecule has 2 aromatic heterocycles. The van der Waals surface area contributed by atoms with Gasteiger partial charge in [0, 0.05) is 5.39 Å². The maximum absolute atomic E-state index is 13.6. The Bertz CT molecular complexity index is 1550. The van der Waals surface area contributed by atoms with Gasteiger partial charge in [-0.2, -0.15) is 0 Å². The van der Waals surface area contributed by atoms with Crippen molar-refractivity contribution in [2.75, 3.05) is 6.79 Å². The van der Waals surface area contributed by atoms with Crippen LogP contribution < -0.4 is 20.4 Å². The molecule has 0 spiro atoms. The van der Waals surface area contributed by atoms with Gasteiger partial charge in [-0.25, -0.2) is 4.98 Å². The molecule has 0 bridgehead atoms. The van der Waals surface area contributed by atoms with E-state index in [1.165, 1.54) is 0 Å². The first-order valence-electron chi connectivity index (χ1n) is 9.44. The summed E-state index contributed by atoms with van der Waals surface area (Å²) in [6.07, 6.45) is 2.02. The van der Waals surface area contributed by atoms with Gasteiger partial charge in [0.1, 0.15) is 0 Å². The summed E-state index contributed by atoms with van der Waals surface area (Å²) in [5, 5.41) is 3.12. The zero-order valence-corrected chi connectivity index (χ0v) is 15.7. The van der Waals surface area contributed by atoms with Crippen molar-refractivity contribution in [1.29, 1.82) is 0 Å². The molecule has 1 aliphatic rings. The average molecular weight is 380 g/mol. The number of fused-ring (bicyclic) bond motifs is 6. The van der Waals surface area contributed by atoms with Gasteiger partial charge in [-0.1, -0.05) is 42.0 Å². The monoisotopic (exact) mass is 380 g/mol. The smallest absolute Gasteiger partial charge is 0.266 e. The fraction of sp³-hybridized carbons (Fsp3) is 0.0833. The topological polar surface area (TPSA) is 52.8 Å². The minimum Gasteiger partial charge on any atom is -0.454 e. The zero-order chi connectivity index (χ0) is 19.5. The number of rotatable bonds is 1.